The van der Waals surface area contributed by atoms with Crippen molar-refractivity contribution < 1.29 is 0 Å². The van der Waals surface area contributed by atoms with Crippen LogP contribution in [-0.2, 0) is 0 Å². The third-order valence-electron chi connectivity index (χ3n) is 2.10. The Kier molecular flexibility index (Phi) is 2.29. The standard InChI is InChI=1S/C10H10BrN3/c1-7-10(12)6-13-14(7)9-4-2-3-8(11)5-9/h2-6H,12H2,1H3. The molecule has 0 bridgehead atoms. The van der Waals surface area contributed by atoms with Gasteiger partial charge in [0.15, 0.2) is 0 Å². The Hall–Kier alpha value is -1.29. The fraction of sp³-hybridized carbons (Fsp3) is 0.100. The first-order valence-electron chi connectivity index (χ1n) is 4.24. The van der Waals surface area contributed by atoms with E-state index in [0.717, 1.165) is 15.9 Å². The molecule has 1 heterocycles. The summed E-state index contributed by atoms with van der Waals surface area (Å²) in [6, 6.07) is 7.94. The van der Waals surface area contributed by atoms with Gasteiger partial charge in [0.25, 0.3) is 0 Å². The van der Waals surface area contributed by atoms with E-state index in [4.69, 9.17) is 5.73 Å². The Balaban J connectivity index is 2.55. The maximum absolute atomic E-state index is 5.72. The molecule has 72 valence electrons. The van der Waals surface area contributed by atoms with Crippen molar-refractivity contribution in [3.05, 3.63) is 40.6 Å². The Morgan fingerprint density at radius 3 is 2.79 bits per heavy atom. The van der Waals surface area contributed by atoms with E-state index >= 15 is 0 Å². The molecular formula is C10H10BrN3. The molecule has 2 aromatic rings. The lowest BCUT2D eigenvalue weighted by molar-refractivity contribution is 0.847. The van der Waals surface area contributed by atoms with E-state index in [9.17, 15) is 0 Å². The van der Waals surface area contributed by atoms with Crippen molar-refractivity contribution >= 4 is 21.6 Å². The van der Waals surface area contributed by atoms with Gasteiger partial charge in [-0.25, -0.2) is 4.68 Å². The fourth-order valence-corrected chi connectivity index (χ4v) is 1.68. The minimum absolute atomic E-state index is 0.713. The number of benzene rings is 1. The van der Waals surface area contributed by atoms with Crippen molar-refractivity contribution in [2.24, 2.45) is 0 Å². The van der Waals surface area contributed by atoms with Gasteiger partial charge in [0, 0.05) is 4.47 Å². The average molecular weight is 252 g/mol. The molecule has 0 atom stereocenters. The van der Waals surface area contributed by atoms with Gasteiger partial charge in [0.1, 0.15) is 0 Å². The third kappa shape index (κ3) is 1.53. The minimum Gasteiger partial charge on any atom is -0.396 e. The summed E-state index contributed by atoms with van der Waals surface area (Å²) in [5.41, 5.74) is 8.40. The Labute approximate surface area is 90.7 Å². The second-order valence-electron chi connectivity index (χ2n) is 3.08. The van der Waals surface area contributed by atoms with Crippen LogP contribution in [0.4, 0.5) is 5.69 Å². The summed E-state index contributed by atoms with van der Waals surface area (Å²) >= 11 is 3.42. The van der Waals surface area contributed by atoms with Gasteiger partial charge in [-0.2, -0.15) is 5.10 Å². The maximum Gasteiger partial charge on any atom is 0.0734 e. The van der Waals surface area contributed by atoms with Crippen LogP contribution in [0.1, 0.15) is 5.69 Å². The molecule has 0 saturated heterocycles. The summed E-state index contributed by atoms with van der Waals surface area (Å²) in [5.74, 6) is 0. The van der Waals surface area contributed by atoms with Crippen molar-refractivity contribution in [3.8, 4) is 5.69 Å². The number of hydrogen-bond donors (Lipinski definition) is 1. The van der Waals surface area contributed by atoms with E-state index < -0.39 is 0 Å². The van der Waals surface area contributed by atoms with Crippen molar-refractivity contribution in [3.63, 3.8) is 0 Å². The first-order chi connectivity index (χ1) is 6.68. The monoisotopic (exact) mass is 251 g/mol. The molecule has 3 nitrogen and oxygen atoms in total. The highest BCUT2D eigenvalue weighted by Gasteiger charge is 2.04. The van der Waals surface area contributed by atoms with Crippen LogP contribution in [0.2, 0.25) is 0 Å². The second kappa shape index (κ2) is 3.46. The number of rotatable bonds is 1. The van der Waals surface area contributed by atoms with Gasteiger partial charge < -0.3 is 5.73 Å². The Morgan fingerprint density at radius 1 is 1.43 bits per heavy atom. The van der Waals surface area contributed by atoms with Gasteiger partial charge in [-0.3, -0.25) is 0 Å². The highest BCUT2D eigenvalue weighted by Crippen LogP contribution is 2.18. The predicted octanol–water partition coefficient (Wildman–Crippen LogP) is 2.53. The molecule has 0 fully saturated rings. The van der Waals surface area contributed by atoms with E-state index in [1.165, 1.54) is 0 Å². The fourth-order valence-electron chi connectivity index (χ4n) is 1.29. The lowest BCUT2D eigenvalue weighted by atomic mass is 10.3. The first-order valence-corrected chi connectivity index (χ1v) is 5.04. The second-order valence-corrected chi connectivity index (χ2v) is 3.99. The van der Waals surface area contributed by atoms with Crippen molar-refractivity contribution in [2.75, 3.05) is 5.73 Å². The van der Waals surface area contributed by atoms with Crippen LogP contribution in [0, 0.1) is 6.92 Å². The summed E-state index contributed by atoms with van der Waals surface area (Å²) in [4.78, 5) is 0. The quantitative estimate of drug-likeness (QED) is 0.847. The molecule has 0 spiro atoms. The largest absolute Gasteiger partial charge is 0.396 e. The molecule has 2 N–H and O–H groups in total. The molecule has 0 unspecified atom stereocenters. The molecule has 4 heteroatoms. The van der Waals surface area contributed by atoms with E-state index in [2.05, 4.69) is 21.0 Å². The molecule has 0 aliphatic heterocycles. The molecule has 0 aliphatic carbocycles. The summed E-state index contributed by atoms with van der Waals surface area (Å²) in [6.07, 6.45) is 1.66. The van der Waals surface area contributed by atoms with Gasteiger partial charge in [-0.05, 0) is 25.1 Å². The minimum atomic E-state index is 0.713. The number of nitrogen functional groups attached to an aromatic ring is 1. The van der Waals surface area contributed by atoms with Crippen LogP contribution in [0.15, 0.2) is 34.9 Å². The lowest BCUT2D eigenvalue weighted by Gasteiger charge is -2.04. The number of aromatic nitrogens is 2. The van der Waals surface area contributed by atoms with Crippen LogP contribution >= 0.6 is 15.9 Å². The van der Waals surface area contributed by atoms with Crippen LogP contribution < -0.4 is 5.73 Å². The number of hydrogen-bond acceptors (Lipinski definition) is 2. The third-order valence-corrected chi connectivity index (χ3v) is 2.59. The van der Waals surface area contributed by atoms with Crippen LogP contribution in [0.25, 0.3) is 5.69 Å². The number of nitrogens with zero attached hydrogens (tertiary/aromatic N) is 2. The van der Waals surface area contributed by atoms with Crippen molar-refractivity contribution in [1.82, 2.24) is 9.78 Å². The van der Waals surface area contributed by atoms with Gasteiger partial charge in [0.2, 0.25) is 0 Å². The molecule has 1 aromatic carbocycles. The predicted molar refractivity (Wildman–Crippen MR) is 60.4 cm³/mol. The van der Waals surface area contributed by atoms with E-state index in [-0.39, 0.29) is 0 Å². The van der Waals surface area contributed by atoms with E-state index in [1.54, 1.807) is 6.20 Å². The SMILES string of the molecule is Cc1c(N)cnn1-c1cccc(Br)c1. The molecule has 0 saturated carbocycles. The van der Waals surface area contributed by atoms with Gasteiger partial charge >= 0.3 is 0 Å². The molecule has 1 aromatic heterocycles. The molecule has 0 radical (unpaired) electrons. The summed E-state index contributed by atoms with van der Waals surface area (Å²) in [7, 11) is 0. The van der Waals surface area contributed by atoms with Gasteiger partial charge in [0.05, 0.1) is 23.3 Å². The zero-order valence-corrected chi connectivity index (χ0v) is 9.32. The highest BCUT2D eigenvalue weighted by molar-refractivity contribution is 9.10. The zero-order chi connectivity index (χ0) is 10.1. The summed E-state index contributed by atoms with van der Waals surface area (Å²) in [5, 5.41) is 4.20. The first kappa shape index (κ1) is 9.27. The normalized spacial score (nSPS) is 10.4. The van der Waals surface area contributed by atoms with Crippen LogP contribution in [0.5, 0.6) is 0 Å². The topological polar surface area (TPSA) is 43.8 Å². The summed E-state index contributed by atoms with van der Waals surface area (Å²) < 4.78 is 2.85. The average Bonchev–Trinajstić information content (AvgIpc) is 2.48. The zero-order valence-electron chi connectivity index (χ0n) is 7.74. The van der Waals surface area contributed by atoms with Gasteiger partial charge in [-0.15, -0.1) is 0 Å². The van der Waals surface area contributed by atoms with Crippen LogP contribution in [0.3, 0.4) is 0 Å². The molecule has 14 heavy (non-hydrogen) atoms. The van der Waals surface area contributed by atoms with E-state index in [1.807, 2.05) is 35.9 Å². The summed E-state index contributed by atoms with van der Waals surface area (Å²) in [6.45, 7) is 1.95. The smallest absolute Gasteiger partial charge is 0.0734 e. The molecular weight excluding hydrogens is 242 g/mol. The number of nitrogens with two attached hydrogens (primary N) is 1. The van der Waals surface area contributed by atoms with Crippen molar-refractivity contribution in [1.29, 1.82) is 0 Å². The van der Waals surface area contributed by atoms with E-state index in [0.29, 0.717) is 5.69 Å². The molecule has 0 amide bonds. The maximum atomic E-state index is 5.72. The van der Waals surface area contributed by atoms with Crippen molar-refractivity contribution in [2.45, 2.75) is 6.92 Å². The Bertz CT molecular complexity index is 462. The van der Waals surface area contributed by atoms with Gasteiger partial charge in [-0.1, -0.05) is 22.0 Å². The Morgan fingerprint density at radius 2 is 2.21 bits per heavy atom. The molecule has 2 rings (SSSR count). The highest BCUT2D eigenvalue weighted by atomic mass is 79.9. The molecule has 0 aliphatic rings. The van der Waals surface area contributed by atoms with Crippen LogP contribution in [-0.4, -0.2) is 9.78 Å². The number of anilines is 1. The lowest BCUT2D eigenvalue weighted by Crippen LogP contribution is -1.99. The number of halogens is 1.